The maximum Gasteiger partial charge on any atom is 0.159 e. The molecule has 0 spiro atoms. The Morgan fingerprint density at radius 3 is 2.31 bits per heavy atom. The monoisotopic (exact) mass is 488 g/mol. The van der Waals surface area contributed by atoms with Gasteiger partial charge < -0.3 is 15.3 Å². The van der Waals surface area contributed by atoms with Gasteiger partial charge in [0, 0.05) is 29.2 Å². The number of carbonyl (C=O) groups excluding carboxylic acids is 2. The van der Waals surface area contributed by atoms with E-state index in [2.05, 4.69) is 41.5 Å². The zero-order valence-corrected chi connectivity index (χ0v) is 23.0. The van der Waals surface area contributed by atoms with Gasteiger partial charge in [0.05, 0.1) is 12.7 Å². The first kappa shape index (κ1) is 27.0. The van der Waals surface area contributed by atoms with Crippen molar-refractivity contribution in [3.05, 3.63) is 11.1 Å². The Morgan fingerprint density at radius 1 is 1.03 bits per heavy atom. The lowest BCUT2D eigenvalue weighted by Crippen LogP contribution is -2.56. The molecule has 0 aromatic heterocycles. The summed E-state index contributed by atoms with van der Waals surface area (Å²) in [6.07, 6.45) is 6.30. The summed E-state index contributed by atoms with van der Waals surface area (Å²) in [6.45, 7) is 14.4. The molecule has 2 saturated carbocycles. The summed E-state index contributed by atoms with van der Waals surface area (Å²) in [5.41, 5.74) is 0.310. The van der Waals surface area contributed by atoms with Gasteiger partial charge in [-0.25, -0.2) is 0 Å². The molecule has 0 amide bonds. The fraction of sp³-hybridized carbons (Fsp3) is 0.867. The van der Waals surface area contributed by atoms with Crippen LogP contribution < -0.4 is 0 Å². The highest BCUT2D eigenvalue weighted by Crippen LogP contribution is 2.71. The molecule has 0 heterocycles. The smallest absolute Gasteiger partial charge is 0.159 e. The van der Waals surface area contributed by atoms with Gasteiger partial charge >= 0.3 is 0 Å². The van der Waals surface area contributed by atoms with E-state index in [-0.39, 0.29) is 27.9 Å². The largest absolute Gasteiger partial charge is 0.393 e. The van der Waals surface area contributed by atoms with Gasteiger partial charge in [0.2, 0.25) is 0 Å². The summed E-state index contributed by atoms with van der Waals surface area (Å²) in [5.74, 6) is 1.46. The van der Waals surface area contributed by atoms with Gasteiger partial charge in [-0.1, -0.05) is 47.1 Å². The highest BCUT2D eigenvalue weighted by atomic mass is 16.4. The van der Waals surface area contributed by atoms with E-state index >= 15 is 0 Å². The van der Waals surface area contributed by atoms with E-state index in [4.69, 9.17) is 0 Å². The third-order valence-corrected chi connectivity index (χ3v) is 12.0. The van der Waals surface area contributed by atoms with Crippen LogP contribution in [0.15, 0.2) is 11.1 Å². The first-order chi connectivity index (χ1) is 16.1. The number of Topliss-reactive ketones (excluding diaryl/α,β-unsaturated/α-hetero) is 2. The van der Waals surface area contributed by atoms with Gasteiger partial charge in [-0.2, -0.15) is 0 Å². The molecule has 8 atom stereocenters. The van der Waals surface area contributed by atoms with Crippen LogP contribution in [0.1, 0.15) is 106 Å². The van der Waals surface area contributed by atoms with Gasteiger partial charge in [-0.05, 0) is 80.5 Å². The number of aliphatic hydroxyl groups excluding tert-OH is 2. The average Bonchev–Trinajstić information content (AvgIpc) is 3.07. The number of fused-ring (bicyclic) bond motifs is 4. The van der Waals surface area contributed by atoms with Gasteiger partial charge in [-0.3, -0.25) is 9.59 Å². The summed E-state index contributed by atoms with van der Waals surface area (Å²) in [7, 11) is 0. The Bertz CT molecular complexity index is 931. The number of hydrogen-bond acceptors (Lipinski definition) is 5. The van der Waals surface area contributed by atoms with Gasteiger partial charge in [0.15, 0.2) is 5.78 Å². The standard InChI is InChI=1S/C30H48O5/c1-18(8-9-24(34)30(7,35)17-31)19-10-15-29(6)25-20(11-14-28(19,29)5)27(4)13-12-23(33)26(2,3)22(27)16-21(25)32/h18-19,22,24,31,34-35H,8-17H2,1-7H3/t18?,19?,22?,24-,27?,28?,29?,30-/m1/s1. The summed E-state index contributed by atoms with van der Waals surface area (Å²) in [5, 5.41) is 30.0. The van der Waals surface area contributed by atoms with E-state index in [0.29, 0.717) is 36.9 Å². The molecule has 0 bridgehead atoms. The summed E-state index contributed by atoms with van der Waals surface area (Å²) < 4.78 is 0. The van der Waals surface area contributed by atoms with Crippen LogP contribution in [-0.4, -0.2) is 45.2 Å². The molecule has 198 valence electrons. The molecule has 0 aliphatic heterocycles. The van der Waals surface area contributed by atoms with Gasteiger partial charge in [0.1, 0.15) is 11.4 Å². The number of rotatable bonds is 6. The molecule has 4 rings (SSSR count). The van der Waals surface area contributed by atoms with E-state index in [1.54, 1.807) is 0 Å². The first-order valence-corrected chi connectivity index (χ1v) is 13.9. The lowest BCUT2D eigenvalue weighted by molar-refractivity contribution is -0.142. The number of allylic oxidation sites excluding steroid dienone is 2. The van der Waals surface area contributed by atoms with Crippen LogP contribution in [-0.2, 0) is 9.59 Å². The second-order valence-electron chi connectivity index (χ2n) is 14.1. The van der Waals surface area contributed by atoms with Crippen LogP contribution in [0.2, 0.25) is 0 Å². The molecule has 0 saturated heterocycles. The van der Waals surface area contributed by atoms with E-state index < -0.39 is 23.7 Å². The number of carbonyl (C=O) groups is 2. The normalized spacial score (nSPS) is 42.1. The zero-order chi connectivity index (χ0) is 26.2. The van der Waals surface area contributed by atoms with Crippen molar-refractivity contribution in [3.8, 4) is 0 Å². The zero-order valence-electron chi connectivity index (χ0n) is 23.0. The number of hydrogen-bond donors (Lipinski definition) is 3. The molecule has 4 aliphatic carbocycles. The molecule has 6 unspecified atom stereocenters. The molecular formula is C30H48O5. The van der Waals surface area contributed by atoms with E-state index in [9.17, 15) is 24.9 Å². The molecule has 0 radical (unpaired) electrons. The Labute approximate surface area is 211 Å². The fourth-order valence-corrected chi connectivity index (χ4v) is 9.16. The Morgan fingerprint density at radius 2 is 1.69 bits per heavy atom. The van der Waals surface area contributed by atoms with Crippen LogP contribution in [0.25, 0.3) is 0 Å². The van der Waals surface area contributed by atoms with Crippen molar-refractivity contribution >= 4 is 11.6 Å². The Hall–Kier alpha value is -1.04. The third kappa shape index (κ3) is 3.74. The van der Waals surface area contributed by atoms with Crippen LogP contribution >= 0.6 is 0 Å². The highest BCUT2D eigenvalue weighted by molar-refractivity contribution is 6.00. The predicted molar refractivity (Wildman–Crippen MR) is 137 cm³/mol. The van der Waals surface area contributed by atoms with Crippen LogP contribution in [0.3, 0.4) is 0 Å². The molecule has 0 aromatic carbocycles. The minimum Gasteiger partial charge on any atom is -0.393 e. The Kier molecular flexibility index (Phi) is 6.55. The van der Waals surface area contributed by atoms with E-state index in [1.807, 2.05) is 0 Å². The molecule has 4 aliphatic rings. The maximum atomic E-state index is 13.9. The second-order valence-corrected chi connectivity index (χ2v) is 14.1. The number of ketones is 2. The SMILES string of the molecule is CC(CC[C@@H](O)[C@](C)(O)CO)C1CCC2(C)C3=C(CCC12C)C1(C)CCC(=O)C(C)(C)C1CC3=O. The van der Waals surface area contributed by atoms with Crippen molar-refractivity contribution in [2.75, 3.05) is 6.61 Å². The van der Waals surface area contributed by atoms with Crippen LogP contribution in [0, 0.1) is 39.4 Å². The average molecular weight is 489 g/mol. The molecule has 2 fully saturated rings. The first-order valence-electron chi connectivity index (χ1n) is 13.9. The van der Waals surface area contributed by atoms with Gasteiger partial charge in [0.25, 0.3) is 0 Å². The Balaban J connectivity index is 1.64. The molecular weight excluding hydrogens is 440 g/mol. The molecule has 5 nitrogen and oxygen atoms in total. The minimum atomic E-state index is -1.48. The maximum absolute atomic E-state index is 13.9. The van der Waals surface area contributed by atoms with Crippen molar-refractivity contribution in [2.24, 2.45) is 39.4 Å². The third-order valence-electron chi connectivity index (χ3n) is 12.0. The lowest BCUT2D eigenvalue weighted by atomic mass is 9.43. The quantitative estimate of drug-likeness (QED) is 0.489. The molecule has 3 N–H and O–H groups in total. The van der Waals surface area contributed by atoms with E-state index in [1.165, 1.54) is 12.5 Å². The van der Waals surface area contributed by atoms with E-state index in [0.717, 1.165) is 44.1 Å². The molecule has 35 heavy (non-hydrogen) atoms. The van der Waals surface area contributed by atoms with Crippen molar-refractivity contribution in [3.63, 3.8) is 0 Å². The number of aliphatic hydroxyl groups is 3. The summed E-state index contributed by atoms with van der Waals surface area (Å²) >= 11 is 0. The molecule has 5 heteroatoms. The van der Waals surface area contributed by atoms with Crippen LogP contribution in [0.4, 0.5) is 0 Å². The summed E-state index contributed by atoms with van der Waals surface area (Å²) in [4.78, 5) is 26.7. The minimum absolute atomic E-state index is 0.00849. The molecule has 0 aromatic rings. The van der Waals surface area contributed by atoms with Crippen molar-refractivity contribution in [1.82, 2.24) is 0 Å². The predicted octanol–water partition coefficient (Wildman–Crippen LogP) is 5.00. The summed E-state index contributed by atoms with van der Waals surface area (Å²) in [6, 6.07) is 0. The van der Waals surface area contributed by atoms with Crippen LogP contribution in [0.5, 0.6) is 0 Å². The van der Waals surface area contributed by atoms with Crippen molar-refractivity contribution in [1.29, 1.82) is 0 Å². The van der Waals surface area contributed by atoms with Crippen molar-refractivity contribution < 1.29 is 24.9 Å². The lowest BCUT2D eigenvalue weighted by Gasteiger charge is -2.60. The van der Waals surface area contributed by atoms with Crippen molar-refractivity contribution in [2.45, 2.75) is 118 Å². The highest BCUT2D eigenvalue weighted by Gasteiger charge is 2.65. The van der Waals surface area contributed by atoms with Gasteiger partial charge in [-0.15, -0.1) is 0 Å². The fourth-order valence-electron chi connectivity index (χ4n) is 9.16. The second kappa shape index (κ2) is 8.49. The topological polar surface area (TPSA) is 94.8 Å².